The third-order valence-electron chi connectivity index (χ3n) is 3.07. The lowest BCUT2D eigenvalue weighted by Gasteiger charge is -2.08. The van der Waals surface area contributed by atoms with Crippen LogP contribution in [0.3, 0.4) is 0 Å². The second-order valence-electron chi connectivity index (χ2n) is 4.90. The molecule has 2 rings (SSSR count). The average Bonchev–Trinajstić information content (AvgIpc) is 2.51. The summed E-state index contributed by atoms with van der Waals surface area (Å²) in [6.45, 7) is 2.00. The lowest BCUT2D eigenvalue weighted by molar-refractivity contribution is -0.116. The second-order valence-corrected chi connectivity index (χ2v) is 4.90. The van der Waals surface area contributed by atoms with Crippen LogP contribution in [-0.4, -0.2) is 18.4 Å². The molecular formula is C17H17FN2O2. The minimum absolute atomic E-state index is 0.0754. The number of hydrogen-bond donors (Lipinski definition) is 2. The summed E-state index contributed by atoms with van der Waals surface area (Å²) in [6, 6.07) is 13.2. The van der Waals surface area contributed by atoms with Crippen molar-refractivity contribution < 1.29 is 14.0 Å². The van der Waals surface area contributed by atoms with Gasteiger partial charge >= 0.3 is 0 Å². The summed E-state index contributed by atoms with van der Waals surface area (Å²) >= 11 is 0. The monoisotopic (exact) mass is 300 g/mol. The number of aryl methyl sites for hydroxylation is 1. The Balaban J connectivity index is 1.81. The second kappa shape index (κ2) is 7.36. The predicted octanol–water partition coefficient (Wildman–Crippen LogP) is 2.89. The highest BCUT2D eigenvalue weighted by Gasteiger charge is 2.08. The minimum Gasteiger partial charge on any atom is -0.352 e. The third-order valence-corrected chi connectivity index (χ3v) is 3.07. The molecule has 0 atom stereocenters. The van der Waals surface area contributed by atoms with Crippen molar-refractivity contribution >= 4 is 17.5 Å². The van der Waals surface area contributed by atoms with E-state index in [2.05, 4.69) is 10.6 Å². The average molecular weight is 300 g/mol. The summed E-state index contributed by atoms with van der Waals surface area (Å²) in [5, 5.41) is 5.15. The van der Waals surface area contributed by atoms with E-state index >= 15 is 0 Å². The number of hydrogen-bond acceptors (Lipinski definition) is 2. The topological polar surface area (TPSA) is 58.2 Å². The van der Waals surface area contributed by atoms with E-state index in [1.807, 2.05) is 13.0 Å². The van der Waals surface area contributed by atoms with Crippen molar-refractivity contribution in [3.8, 4) is 0 Å². The molecule has 0 heterocycles. The first-order valence-corrected chi connectivity index (χ1v) is 6.95. The number of amides is 2. The summed E-state index contributed by atoms with van der Waals surface area (Å²) in [5.41, 5.74) is 1.54. The van der Waals surface area contributed by atoms with Gasteiger partial charge in [0.2, 0.25) is 5.91 Å². The van der Waals surface area contributed by atoms with Crippen LogP contribution in [0.15, 0.2) is 48.5 Å². The van der Waals surface area contributed by atoms with Crippen LogP contribution in [0.5, 0.6) is 0 Å². The fourth-order valence-electron chi connectivity index (χ4n) is 1.93. The standard InChI is InChI=1S/C17H17FN2O2/c1-12-7-8-14(18)15(11-12)20-16(21)9-10-19-17(22)13-5-3-2-4-6-13/h2-8,11H,9-10H2,1H3,(H,19,22)(H,20,21). The van der Waals surface area contributed by atoms with Crippen molar-refractivity contribution in [3.05, 3.63) is 65.5 Å². The van der Waals surface area contributed by atoms with E-state index in [1.165, 1.54) is 6.07 Å². The van der Waals surface area contributed by atoms with Crippen LogP contribution in [0.25, 0.3) is 0 Å². The zero-order valence-corrected chi connectivity index (χ0v) is 12.2. The Bertz CT molecular complexity index is 672. The maximum atomic E-state index is 13.5. The predicted molar refractivity (Wildman–Crippen MR) is 83.2 cm³/mol. The molecule has 0 fully saturated rings. The molecule has 2 N–H and O–H groups in total. The van der Waals surface area contributed by atoms with Crippen LogP contribution >= 0.6 is 0 Å². The first-order chi connectivity index (χ1) is 10.6. The van der Waals surface area contributed by atoms with Crippen molar-refractivity contribution in [1.29, 1.82) is 0 Å². The smallest absolute Gasteiger partial charge is 0.251 e. The highest BCUT2D eigenvalue weighted by molar-refractivity contribution is 5.95. The van der Waals surface area contributed by atoms with E-state index in [4.69, 9.17) is 0 Å². The molecule has 0 unspecified atom stereocenters. The Kier molecular flexibility index (Phi) is 5.25. The first-order valence-electron chi connectivity index (χ1n) is 6.95. The fourth-order valence-corrected chi connectivity index (χ4v) is 1.93. The van der Waals surface area contributed by atoms with Gasteiger partial charge in [-0.3, -0.25) is 9.59 Å². The number of nitrogens with one attached hydrogen (secondary N) is 2. The fraction of sp³-hybridized carbons (Fsp3) is 0.176. The van der Waals surface area contributed by atoms with Gasteiger partial charge in [0.05, 0.1) is 5.69 Å². The van der Waals surface area contributed by atoms with Gasteiger partial charge in [-0.25, -0.2) is 4.39 Å². The van der Waals surface area contributed by atoms with Crippen LogP contribution in [0.4, 0.5) is 10.1 Å². The Morgan fingerprint density at radius 3 is 2.55 bits per heavy atom. The number of benzene rings is 2. The number of anilines is 1. The van der Waals surface area contributed by atoms with E-state index in [0.717, 1.165) is 5.56 Å². The van der Waals surface area contributed by atoms with Crippen molar-refractivity contribution in [2.75, 3.05) is 11.9 Å². The van der Waals surface area contributed by atoms with E-state index in [-0.39, 0.29) is 30.5 Å². The lowest BCUT2D eigenvalue weighted by Crippen LogP contribution is -2.27. The summed E-state index contributed by atoms with van der Waals surface area (Å²) in [7, 11) is 0. The molecule has 0 aliphatic rings. The molecule has 0 radical (unpaired) electrons. The Hall–Kier alpha value is -2.69. The third kappa shape index (κ3) is 4.41. The molecule has 2 aromatic carbocycles. The van der Waals surface area contributed by atoms with Crippen LogP contribution in [0.1, 0.15) is 22.3 Å². The molecule has 114 valence electrons. The Morgan fingerprint density at radius 1 is 1.09 bits per heavy atom. The zero-order chi connectivity index (χ0) is 15.9. The van der Waals surface area contributed by atoms with Gasteiger partial charge in [0.15, 0.2) is 0 Å². The first kappa shape index (κ1) is 15.7. The summed E-state index contributed by atoms with van der Waals surface area (Å²) in [6.07, 6.45) is 0.0754. The van der Waals surface area contributed by atoms with Crippen molar-refractivity contribution in [1.82, 2.24) is 5.32 Å². The minimum atomic E-state index is -0.479. The maximum Gasteiger partial charge on any atom is 0.251 e. The van der Waals surface area contributed by atoms with Crippen molar-refractivity contribution in [3.63, 3.8) is 0 Å². The molecule has 0 spiro atoms. The molecule has 2 aromatic rings. The number of halogens is 1. The lowest BCUT2D eigenvalue weighted by atomic mass is 10.2. The normalized spacial score (nSPS) is 10.1. The Labute approximate surface area is 128 Å². The molecule has 4 nitrogen and oxygen atoms in total. The van der Waals surface area contributed by atoms with E-state index in [9.17, 15) is 14.0 Å². The molecule has 0 saturated carbocycles. The highest BCUT2D eigenvalue weighted by Crippen LogP contribution is 2.15. The van der Waals surface area contributed by atoms with E-state index < -0.39 is 5.82 Å². The highest BCUT2D eigenvalue weighted by atomic mass is 19.1. The SMILES string of the molecule is Cc1ccc(F)c(NC(=O)CCNC(=O)c2ccccc2)c1. The molecular weight excluding hydrogens is 283 g/mol. The quantitative estimate of drug-likeness (QED) is 0.892. The molecule has 0 aliphatic carbocycles. The number of rotatable bonds is 5. The van der Waals surface area contributed by atoms with Crippen LogP contribution in [-0.2, 0) is 4.79 Å². The van der Waals surface area contributed by atoms with Gasteiger partial charge in [0.25, 0.3) is 5.91 Å². The summed E-state index contributed by atoms with van der Waals surface area (Å²) < 4.78 is 13.5. The number of carbonyl (C=O) groups excluding carboxylic acids is 2. The van der Waals surface area contributed by atoms with E-state index in [0.29, 0.717) is 5.56 Å². The van der Waals surface area contributed by atoms with Gasteiger partial charge in [-0.2, -0.15) is 0 Å². The molecule has 5 heteroatoms. The van der Waals surface area contributed by atoms with Gasteiger partial charge in [-0.1, -0.05) is 24.3 Å². The van der Waals surface area contributed by atoms with Gasteiger partial charge in [0.1, 0.15) is 5.82 Å². The maximum absolute atomic E-state index is 13.5. The number of carbonyl (C=O) groups is 2. The van der Waals surface area contributed by atoms with Crippen molar-refractivity contribution in [2.24, 2.45) is 0 Å². The van der Waals surface area contributed by atoms with Crippen LogP contribution < -0.4 is 10.6 Å². The molecule has 0 aromatic heterocycles. The van der Waals surface area contributed by atoms with Gasteiger partial charge in [-0.05, 0) is 36.8 Å². The molecule has 0 saturated heterocycles. The van der Waals surface area contributed by atoms with Crippen LogP contribution in [0, 0.1) is 12.7 Å². The zero-order valence-electron chi connectivity index (χ0n) is 12.2. The Morgan fingerprint density at radius 2 is 1.82 bits per heavy atom. The summed E-state index contributed by atoms with van der Waals surface area (Å²) in [5.74, 6) is -1.07. The van der Waals surface area contributed by atoms with E-state index in [1.54, 1.807) is 36.4 Å². The van der Waals surface area contributed by atoms with Gasteiger partial charge in [-0.15, -0.1) is 0 Å². The van der Waals surface area contributed by atoms with Crippen LogP contribution in [0.2, 0.25) is 0 Å². The molecule has 22 heavy (non-hydrogen) atoms. The van der Waals surface area contributed by atoms with Gasteiger partial charge in [0, 0.05) is 18.5 Å². The molecule has 0 bridgehead atoms. The largest absolute Gasteiger partial charge is 0.352 e. The molecule has 0 aliphatic heterocycles. The molecule has 2 amide bonds. The van der Waals surface area contributed by atoms with Crippen molar-refractivity contribution in [2.45, 2.75) is 13.3 Å². The van der Waals surface area contributed by atoms with Gasteiger partial charge < -0.3 is 10.6 Å². The summed E-state index contributed by atoms with van der Waals surface area (Å²) in [4.78, 5) is 23.5.